The Kier molecular flexibility index (Phi) is 4.86. The molecule has 2 heterocycles. The molecule has 5 heteroatoms. The van der Waals surface area contributed by atoms with Gasteiger partial charge < -0.3 is 19.5 Å². The largest absolute Gasteiger partial charge is 0.489 e. The van der Waals surface area contributed by atoms with E-state index in [1.54, 1.807) is 0 Å². The second-order valence-corrected chi connectivity index (χ2v) is 7.20. The molecule has 1 saturated heterocycles. The molecule has 1 N–H and O–H groups in total. The lowest BCUT2D eigenvalue weighted by atomic mass is 10.1. The number of nitrogens with zero attached hydrogens (tertiary/aromatic N) is 2. The average Bonchev–Trinajstić information content (AvgIpc) is 3.03. The zero-order valence-corrected chi connectivity index (χ0v) is 15.9. The molecule has 3 aromatic rings. The first-order valence-corrected chi connectivity index (χ1v) is 9.38. The highest BCUT2D eigenvalue weighted by Crippen LogP contribution is 2.27. The van der Waals surface area contributed by atoms with E-state index in [-0.39, 0.29) is 5.91 Å². The number of amides is 1. The highest BCUT2D eigenvalue weighted by atomic mass is 16.5. The number of carbonyl (C=O) groups excluding carboxylic acids is 1. The van der Waals surface area contributed by atoms with Crippen LogP contribution in [-0.2, 0) is 6.61 Å². The topological polar surface area (TPSA) is 48.6 Å². The molecule has 0 radical (unpaired) electrons. The number of hydrogen-bond acceptors (Lipinski definition) is 3. The number of H-pyrrole nitrogens is 1. The van der Waals surface area contributed by atoms with Crippen LogP contribution in [0.4, 0.5) is 0 Å². The zero-order valence-electron chi connectivity index (χ0n) is 15.9. The maximum atomic E-state index is 12.9. The number of aromatic nitrogens is 1. The molecule has 1 amide bonds. The Morgan fingerprint density at radius 2 is 1.81 bits per heavy atom. The van der Waals surface area contributed by atoms with Crippen LogP contribution < -0.4 is 4.74 Å². The molecule has 0 aliphatic carbocycles. The van der Waals surface area contributed by atoms with Crippen LogP contribution in [0.25, 0.3) is 10.9 Å². The molecule has 0 saturated carbocycles. The van der Waals surface area contributed by atoms with Crippen LogP contribution in [-0.4, -0.2) is 53.9 Å². The Balaban J connectivity index is 1.54. The second kappa shape index (κ2) is 7.45. The van der Waals surface area contributed by atoms with Crippen molar-refractivity contribution in [2.45, 2.75) is 13.5 Å². The monoisotopic (exact) mass is 363 g/mol. The molecule has 5 nitrogen and oxygen atoms in total. The van der Waals surface area contributed by atoms with E-state index in [2.05, 4.69) is 16.9 Å². The number of hydrogen-bond donors (Lipinski definition) is 1. The minimum atomic E-state index is 0.0866. The van der Waals surface area contributed by atoms with Crippen molar-refractivity contribution in [1.82, 2.24) is 14.8 Å². The number of fused-ring (bicyclic) bond motifs is 1. The van der Waals surface area contributed by atoms with Gasteiger partial charge in [-0.1, -0.05) is 30.3 Å². The molecule has 0 bridgehead atoms. The van der Waals surface area contributed by atoms with Gasteiger partial charge in [0, 0.05) is 37.1 Å². The molecule has 4 rings (SSSR count). The fraction of sp³-hybridized carbons (Fsp3) is 0.318. The molecule has 1 aromatic heterocycles. The number of piperazine rings is 1. The normalized spacial score (nSPS) is 15.3. The predicted octanol–water partition coefficient (Wildman–Crippen LogP) is 3.44. The van der Waals surface area contributed by atoms with Gasteiger partial charge in [0.25, 0.3) is 5.91 Å². The molecule has 1 aliphatic heterocycles. The van der Waals surface area contributed by atoms with Crippen LogP contribution in [0.15, 0.2) is 48.5 Å². The van der Waals surface area contributed by atoms with Gasteiger partial charge in [-0.15, -0.1) is 0 Å². The number of rotatable bonds is 4. The lowest BCUT2D eigenvalue weighted by Crippen LogP contribution is -2.47. The minimum Gasteiger partial charge on any atom is -0.489 e. The third kappa shape index (κ3) is 3.69. The summed E-state index contributed by atoms with van der Waals surface area (Å²) in [6.45, 7) is 5.92. The SMILES string of the molecule is Cc1c(C(=O)N2CCN(C)CC2)[nH]c2ccc(OCc3ccccc3)cc12. The summed E-state index contributed by atoms with van der Waals surface area (Å²) in [4.78, 5) is 20.4. The molecule has 140 valence electrons. The van der Waals surface area contributed by atoms with E-state index in [1.165, 1.54) is 0 Å². The summed E-state index contributed by atoms with van der Waals surface area (Å²) in [5, 5.41) is 1.04. The first-order valence-electron chi connectivity index (χ1n) is 9.38. The number of ether oxygens (including phenoxy) is 1. The van der Waals surface area contributed by atoms with E-state index < -0.39 is 0 Å². The highest BCUT2D eigenvalue weighted by Gasteiger charge is 2.24. The number of benzene rings is 2. The van der Waals surface area contributed by atoms with Crippen molar-refractivity contribution in [3.63, 3.8) is 0 Å². The van der Waals surface area contributed by atoms with Crippen LogP contribution in [0, 0.1) is 6.92 Å². The van der Waals surface area contributed by atoms with Gasteiger partial charge in [-0.2, -0.15) is 0 Å². The third-order valence-electron chi connectivity index (χ3n) is 5.28. The van der Waals surface area contributed by atoms with E-state index >= 15 is 0 Å². The van der Waals surface area contributed by atoms with Crippen molar-refractivity contribution >= 4 is 16.8 Å². The summed E-state index contributed by atoms with van der Waals surface area (Å²) >= 11 is 0. The van der Waals surface area contributed by atoms with Crippen LogP contribution in [0.5, 0.6) is 5.75 Å². The van der Waals surface area contributed by atoms with E-state index in [9.17, 15) is 4.79 Å². The van der Waals surface area contributed by atoms with Gasteiger partial charge in [0.15, 0.2) is 0 Å². The molecule has 1 fully saturated rings. The van der Waals surface area contributed by atoms with E-state index in [4.69, 9.17) is 4.74 Å². The van der Waals surface area contributed by atoms with Gasteiger partial charge in [0.2, 0.25) is 0 Å². The van der Waals surface area contributed by atoms with E-state index in [0.29, 0.717) is 12.3 Å². The first-order chi connectivity index (χ1) is 13.1. The average molecular weight is 363 g/mol. The Morgan fingerprint density at radius 3 is 2.56 bits per heavy atom. The van der Waals surface area contributed by atoms with Crippen molar-refractivity contribution < 1.29 is 9.53 Å². The molecule has 0 atom stereocenters. The standard InChI is InChI=1S/C22H25N3O2/c1-16-19-14-18(27-15-17-6-4-3-5-7-17)8-9-20(19)23-21(16)22(26)25-12-10-24(2)11-13-25/h3-9,14,23H,10-13,15H2,1-2H3. The van der Waals surface area contributed by atoms with Crippen molar-refractivity contribution in [2.24, 2.45) is 0 Å². The molecule has 0 spiro atoms. The smallest absolute Gasteiger partial charge is 0.270 e. The molecule has 27 heavy (non-hydrogen) atoms. The molecule has 0 unspecified atom stereocenters. The quantitative estimate of drug-likeness (QED) is 0.772. The number of nitrogens with one attached hydrogen (secondary N) is 1. The van der Waals surface area contributed by atoms with Crippen molar-refractivity contribution in [2.75, 3.05) is 33.2 Å². The Labute approximate surface area is 159 Å². The van der Waals surface area contributed by atoms with Gasteiger partial charge in [0.05, 0.1) is 0 Å². The minimum absolute atomic E-state index is 0.0866. The van der Waals surface area contributed by atoms with Crippen molar-refractivity contribution in [3.8, 4) is 5.75 Å². The third-order valence-corrected chi connectivity index (χ3v) is 5.28. The maximum Gasteiger partial charge on any atom is 0.270 e. The van der Waals surface area contributed by atoms with Gasteiger partial charge in [-0.25, -0.2) is 0 Å². The fourth-order valence-electron chi connectivity index (χ4n) is 3.52. The summed E-state index contributed by atoms with van der Waals surface area (Å²) in [7, 11) is 2.09. The van der Waals surface area contributed by atoms with Gasteiger partial charge >= 0.3 is 0 Å². The number of aryl methyl sites for hydroxylation is 1. The summed E-state index contributed by atoms with van der Waals surface area (Å²) < 4.78 is 5.94. The summed E-state index contributed by atoms with van der Waals surface area (Å²) in [5.41, 5.74) is 3.78. The summed E-state index contributed by atoms with van der Waals surface area (Å²) in [6.07, 6.45) is 0. The fourth-order valence-corrected chi connectivity index (χ4v) is 3.52. The van der Waals surface area contributed by atoms with Gasteiger partial charge in [0.1, 0.15) is 18.1 Å². The second-order valence-electron chi connectivity index (χ2n) is 7.20. The van der Waals surface area contributed by atoms with Crippen LogP contribution >= 0.6 is 0 Å². The lowest BCUT2D eigenvalue weighted by Gasteiger charge is -2.32. The van der Waals surface area contributed by atoms with Gasteiger partial charge in [-0.3, -0.25) is 4.79 Å². The number of carbonyl (C=O) groups is 1. The Morgan fingerprint density at radius 1 is 1.07 bits per heavy atom. The zero-order chi connectivity index (χ0) is 18.8. The first kappa shape index (κ1) is 17.6. The summed E-state index contributed by atoms with van der Waals surface area (Å²) in [6, 6.07) is 16.1. The highest BCUT2D eigenvalue weighted by molar-refractivity contribution is 6.01. The van der Waals surface area contributed by atoms with E-state index in [1.807, 2.05) is 60.4 Å². The van der Waals surface area contributed by atoms with Crippen molar-refractivity contribution in [3.05, 3.63) is 65.4 Å². The molecular formula is C22H25N3O2. The van der Waals surface area contributed by atoms with Gasteiger partial charge in [-0.05, 0) is 43.3 Å². The molecule has 1 aliphatic rings. The van der Waals surface area contributed by atoms with Crippen molar-refractivity contribution in [1.29, 1.82) is 0 Å². The lowest BCUT2D eigenvalue weighted by molar-refractivity contribution is 0.0658. The Bertz CT molecular complexity index is 941. The maximum absolute atomic E-state index is 12.9. The van der Waals surface area contributed by atoms with Crippen LogP contribution in [0.3, 0.4) is 0 Å². The van der Waals surface area contributed by atoms with Crippen LogP contribution in [0.1, 0.15) is 21.6 Å². The van der Waals surface area contributed by atoms with E-state index in [0.717, 1.165) is 54.0 Å². The summed E-state index contributed by atoms with van der Waals surface area (Å²) in [5.74, 6) is 0.899. The predicted molar refractivity (Wildman–Crippen MR) is 107 cm³/mol. The Hall–Kier alpha value is -2.79. The molecule has 2 aromatic carbocycles. The van der Waals surface area contributed by atoms with Crippen LogP contribution in [0.2, 0.25) is 0 Å². The molecular weight excluding hydrogens is 338 g/mol. The number of aromatic amines is 1. The number of likely N-dealkylation sites (N-methyl/N-ethyl adjacent to an activating group) is 1.